The van der Waals surface area contributed by atoms with Gasteiger partial charge in [0.25, 0.3) is 5.91 Å². The van der Waals surface area contributed by atoms with Crippen molar-refractivity contribution < 1.29 is 28.2 Å². The molecule has 5 N–H and O–H groups in total. The summed E-state index contributed by atoms with van der Waals surface area (Å²) in [7, 11) is -3.82. The number of nitrogens with two attached hydrogens (primary N) is 1. The Morgan fingerprint density at radius 1 is 1.02 bits per heavy atom. The second-order valence-electron chi connectivity index (χ2n) is 9.31. The van der Waals surface area contributed by atoms with E-state index in [2.05, 4.69) is 14.7 Å². The van der Waals surface area contributed by atoms with Crippen molar-refractivity contribution in [2.45, 2.75) is 31.2 Å². The van der Waals surface area contributed by atoms with Crippen molar-refractivity contribution in [2.24, 2.45) is 5.73 Å². The molecule has 0 fully saturated rings. The Kier molecular flexibility index (Phi) is 8.95. The number of anilines is 1. The Morgan fingerprint density at radius 3 is 2.41 bits per heavy atom. The van der Waals surface area contributed by atoms with Crippen LogP contribution in [0.25, 0.3) is 11.3 Å². The number of rotatable bonds is 11. The Balaban J connectivity index is 1.59. The quantitative estimate of drug-likeness (QED) is 0.197. The molecule has 0 radical (unpaired) electrons. The molecule has 0 unspecified atom stereocenters. The zero-order chi connectivity index (χ0) is 29.6. The van der Waals surface area contributed by atoms with Gasteiger partial charge in [-0.1, -0.05) is 18.2 Å². The molecular formula is C29H29N5O6S. The fourth-order valence-electron chi connectivity index (χ4n) is 4.15. The molecule has 0 aliphatic rings. The van der Waals surface area contributed by atoms with Crippen LogP contribution in [-0.2, 0) is 21.4 Å². The number of phenols is 2. The maximum atomic E-state index is 13.5. The van der Waals surface area contributed by atoms with Crippen LogP contribution < -0.4 is 15.4 Å². The number of benzene rings is 2. The largest absolute Gasteiger partial charge is 0.508 e. The van der Waals surface area contributed by atoms with E-state index in [4.69, 9.17) is 5.73 Å². The molecule has 4 aromatic rings. The Bertz CT molecular complexity index is 1660. The highest BCUT2D eigenvalue weighted by atomic mass is 32.2. The first-order chi connectivity index (χ1) is 19.5. The standard InChI is InChI=1S/C29H29N5O6S/c1-19-14-24(41(39,40)33-13-3-5-27(30)37)17-32-28(19)21-6-8-22(9-7-21)34(18-20-4-2-12-31-16-20)29(38)25-11-10-23(35)15-26(25)36/h2,4,6-12,14-17,33,35-36H,3,5,13,18H2,1H3,(H2,30,37). The predicted octanol–water partition coefficient (Wildman–Crippen LogP) is 3.25. The summed E-state index contributed by atoms with van der Waals surface area (Å²) in [5.74, 6) is -1.49. The van der Waals surface area contributed by atoms with Crippen molar-refractivity contribution >= 4 is 27.5 Å². The zero-order valence-corrected chi connectivity index (χ0v) is 23.0. The molecule has 0 aliphatic heterocycles. The van der Waals surface area contributed by atoms with Crippen molar-refractivity contribution in [3.63, 3.8) is 0 Å². The third-order valence-electron chi connectivity index (χ3n) is 6.23. The maximum Gasteiger partial charge on any atom is 0.262 e. The molecular weight excluding hydrogens is 546 g/mol. The molecule has 0 atom stereocenters. The molecule has 4 rings (SSSR count). The number of hydrogen-bond donors (Lipinski definition) is 4. The summed E-state index contributed by atoms with van der Waals surface area (Å²) < 4.78 is 27.7. The number of aromatic nitrogens is 2. The van der Waals surface area contributed by atoms with Gasteiger partial charge in [0, 0.05) is 48.9 Å². The lowest BCUT2D eigenvalue weighted by Gasteiger charge is -2.24. The molecule has 2 heterocycles. The number of pyridine rings is 2. The van der Waals surface area contributed by atoms with Crippen LogP contribution in [-0.4, -0.2) is 47.0 Å². The minimum Gasteiger partial charge on any atom is -0.508 e. The van der Waals surface area contributed by atoms with E-state index < -0.39 is 21.8 Å². The SMILES string of the molecule is Cc1cc(S(=O)(=O)NCCCC(N)=O)cnc1-c1ccc(N(Cc2cccnc2)C(=O)c2ccc(O)cc2O)cc1. The van der Waals surface area contributed by atoms with E-state index in [1.807, 2.05) is 6.07 Å². The van der Waals surface area contributed by atoms with Gasteiger partial charge in [-0.15, -0.1) is 0 Å². The summed E-state index contributed by atoms with van der Waals surface area (Å²) in [4.78, 5) is 34.4. The topological polar surface area (TPSA) is 176 Å². The van der Waals surface area contributed by atoms with Gasteiger partial charge in [0.1, 0.15) is 16.4 Å². The molecule has 2 aromatic carbocycles. The van der Waals surface area contributed by atoms with Gasteiger partial charge in [-0.25, -0.2) is 13.1 Å². The summed E-state index contributed by atoms with van der Waals surface area (Å²) in [6.45, 7) is 1.99. The highest BCUT2D eigenvalue weighted by Crippen LogP contribution is 2.30. The predicted molar refractivity (Wildman–Crippen MR) is 153 cm³/mol. The molecule has 0 saturated heterocycles. The van der Waals surface area contributed by atoms with Gasteiger partial charge < -0.3 is 20.8 Å². The molecule has 11 nitrogen and oxygen atoms in total. The van der Waals surface area contributed by atoms with Gasteiger partial charge in [-0.2, -0.15) is 0 Å². The first-order valence-electron chi connectivity index (χ1n) is 12.6. The monoisotopic (exact) mass is 575 g/mol. The number of carbonyl (C=O) groups is 2. The van der Waals surface area contributed by atoms with Crippen molar-refractivity contribution in [1.82, 2.24) is 14.7 Å². The molecule has 212 valence electrons. The third-order valence-corrected chi connectivity index (χ3v) is 7.66. The molecule has 0 bridgehead atoms. The molecule has 12 heteroatoms. The van der Waals surface area contributed by atoms with Crippen LogP contribution in [0.3, 0.4) is 0 Å². The van der Waals surface area contributed by atoms with Crippen LogP contribution in [0.4, 0.5) is 5.69 Å². The van der Waals surface area contributed by atoms with Gasteiger partial charge in [-0.05, 0) is 60.9 Å². The van der Waals surface area contributed by atoms with E-state index in [9.17, 15) is 28.2 Å². The van der Waals surface area contributed by atoms with Crippen LogP contribution in [0.1, 0.15) is 34.3 Å². The van der Waals surface area contributed by atoms with E-state index in [1.165, 1.54) is 29.3 Å². The van der Waals surface area contributed by atoms with Gasteiger partial charge >= 0.3 is 0 Å². The van der Waals surface area contributed by atoms with Gasteiger partial charge in [-0.3, -0.25) is 19.6 Å². The van der Waals surface area contributed by atoms with E-state index in [0.717, 1.165) is 11.6 Å². The Hall–Kier alpha value is -4.81. The first kappa shape index (κ1) is 29.2. The second kappa shape index (κ2) is 12.6. The summed E-state index contributed by atoms with van der Waals surface area (Å²) in [6, 6.07) is 15.9. The van der Waals surface area contributed by atoms with Gasteiger partial charge in [0.05, 0.1) is 17.8 Å². The number of phenolic OH excluding ortho intramolecular Hbond substituents is 2. The fraction of sp³-hybridized carbons (Fsp3) is 0.172. The normalized spacial score (nSPS) is 11.2. The molecule has 0 saturated carbocycles. The van der Waals surface area contributed by atoms with Crippen LogP contribution >= 0.6 is 0 Å². The minimum absolute atomic E-state index is 0.00334. The summed E-state index contributed by atoms with van der Waals surface area (Å²) in [5, 5.41) is 20.0. The molecule has 0 spiro atoms. The number of primary amides is 1. The van der Waals surface area contributed by atoms with Crippen molar-refractivity contribution in [3.8, 4) is 22.8 Å². The second-order valence-corrected chi connectivity index (χ2v) is 11.1. The Labute approximate surface area is 237 Å². The van der Waals surface area contributed by atoms with E-state index in [-0.39, 0.29) is 47.9 Å². The lowest BCUT2D eigenvalue weighted by Crippen LogP contribution is -2.30. The number of sulfonamides is 1. The van der Waals surface area contributed by atoms with Crippen molar-refractivity contribution in [1.29, 1.82) is 0 Å². The van der Waals surface area contributed by atoms with Gasteiger partial charge in [0.15, 0.2) is 0 Å². The van der Waals surface area contributed by atoms with Crippen molar-refractivity contribution in [3.05, 3.63) is 95.9 Å². The van der Waals surface area contributed by atoms with Gasteiger partial charge in [0.2, 0.25) is 15.9 Å². The lowest BCUT2D eigenvalue weighted by atomic mass is 10.1. The number of aromatic hydroxyl groups is 2. The average molecular weight is 576 g/mol. The summed E-state index contributed by atoms with van der Waals surface area (Å²) in [6.07, 6.45) is 4.90. The number of amides is 2. The lowest BCUT2D eigenvalue weighted by molar-refractivity contribution is -0.118. The number of nitrogens with zero attached hydrogens (tertiary/aromatic N) is 3. The summed E-state index contributed by atoms with van der Waals surface area (Å²) >= 11 is 0. The van der Waals surface area contributed by atoms with Crippen LogP contribution in [0, 0.1) is 6.92 Å². The Morgan fingerprint density at radius 2 is 1.78 bits per heavy atom. The highest BCUT2D eigenvalue weighted by Gasteiger charge is 2.22. The molecule has 0 aliphatic carbocycles. The van der Waals surface area contributed by atoms with E-state index in [1.54, 1.807) is 49.6 Å². The zero-order valence-electron chi connectivity index (χ0n) is 22.2. The molecule has 41 heavy (non-hydrogen) atoms. The van der Waals surface area contributed by atoms with E-state index in [0.29, 0.717) is 22.5 Å². The number of hydrogen-bond acceptors (Lipinski definition) is 8. The number of carbonyl (C=O) groups excluding carboxylic acids is 2. The maximum absolute atomic E-state index is 13.5. The number of nitrogens with one attached hydrogen (secondary N) is 1. The van der Waals surface area contributed by atoms with Crippen molar-refractivity contribution in [2.75, 3.05) is 11.4 Å². The fourth-order valence-corrected chi connectivity index (χ4v) is 5.25. The number of aryl methyl sites for hydroxylation is 1. The van der Waals surface area contributed by atoms with E-state index >= 15 is 0 Å². The first-order valence-corrected chi connectivity index (χ1v) is 14.1. The van der Waals surface area contributed by atoms with Crippen LogP contribution in [0.2, 0.25) is 0 Å². The molecule has 2 amide bonds. The minimum atomic E-state index is -3.82. The third kappa shape index (κ3) is 7.24. The smallest absolute Gasteiger partial charge is 0.262 e. The van der Waals surface area contributed by atoms with Crippen LogP contribution in [0.5, 0.6) is 11.5 Å². The highest BCUT2D eigenvalue weighted by molar-refractivity contribution is 7.89. The molecule has 2 aromatic heterocycles. The average Bonchev–Trinajstić information content (AvgIpc) is 2.94. The van der Waals surface area contributed by atoms with Crippen LogP contribution in [0.15, 0.2) is 84.1 Å². The summed E-state index contributed by atoms with van der Waals surface area (Å²) in [5.41, 5.74) is 8.29.